The van der Waals surface area contributed by atoms with Crippen molar-refractivity contribution in [1.82, 2.24) is 5.32 Å². The summed E-state index contributed by atoms with van der Waals surface area (Å²) in [5.74, 6) is 0.704. The Balaban J connectivity index is 1.44. The molecule has 0 unspecified atom stereocenters. The topological polar surface area (TPSA) is 130 Å². The molecule has 0 aliphatic rings. The van der Waals surface area contributed by atoms with Crippen LogP contribution in [0.3, 0.4) is 0 Å². The Kier molecular flexibility index (Phi) is 16.4. The van der Waals surface area contributed by atoms with Crippen LogP contribution in [0.15, 0.2) is 48.5 Å². The fourth-order valence-corrected chi connectivity index (χ4v) is 3.51. The fourth-order valence-electron chi connectivity index (χ4n) is 3.51. The molecular formula is C31H47N3O7. The van der Waals surface area contributed by atoms with Gasteiger partial charge in [0.05, 0.1) is 33.0 Å². The van der Waals surface area contributed by atoms with Crippen LogP contribution in [0.1, 0.15) is 56.0 Å². The molecule has 0 aliphatic carbocycles. The lowest BCUT2D eigenvalue weighted by atomic mass is 10.0. The second-order valence-electron chi connectivity index (χ2n) is 10.3. The molecule has 0 aliphatic heterocycles. The Bertz CT molecular complexity index is 992. The van der Waals surface area contributed by atoms with E-state index >= 15 is 0 Å². The van der Waals surface area contributed by atoms with Crippen molar-refractivity contribution < 1.29 is 33.3 Å². The number of alkyl carbamates (subject to hydrolysis) is 1. The Morgan fingerprint density at radius 3 is 1.80 bits per heavy atom. The minimum absolute atomic E-state index is 0.0279. The van der Waals surface area contributed by atoms with E-state index < -0.39 is 11.7 Å². The Morgan fingerprint density at radius 2 is 1.24 bits per heavy atom. The summed E-state index contributed by atoms with van der Waals surface area (Å²) in [6.45, 7) is 11.1. The van der Waals surface area contributed by atoms with E-state index in [0.717, 1.165) is 30.8 Å². The molecular weight excluding hydrogens is 526 g/mol. The summed E-state index contributed by atoms with van der Waals surface area (Å²) in [4.78, 5) is 24.3. The summed E-state index contributed by atoms with van der Waals surface area (Å²) in [5, 5.41) is 6.04. The number of nitrogens with two attached hydrogens (primary N) is 1. The lowest BCUT2D eigenvalue weighted by Gasteiger charge is -2.19. The molecule has 2 aromatic rings. The monoisotopic (exact) mass is 573 g/mol. The largest absolute Gasteiger partial charge is 0.494 e. The van der Waals surface area contributed by atoms with E-state index in [2.05, 4.69) is 10.6 Å². The Hall–Kier alpha value is -3.18. The highest BCUT2D eigenvalue weighted by Gasteiger charge is 2.15. The number of hydrogen-bond donors (Lipinski definition) is 3. The highest BCUT2D eigenvalue weighted by Crippen LogP contribution is 2.17. The van der Waals surface area contributed by atoms with Crippen molar-refractivity contribution in [2.75, 3.05) is 71.2 Å². The summed E-state index contributed by atoms with van der Waals surface area (Å²) < 4.78 is 27.4. The Morgan fingerprint density at radius 1 is 0.707 bits per heavy atom. The zero-order valence-electron chi connectivity index (χ0n) is 24.7. The van der Waals surface area contributed by atoms with Gasteiger partial charge in [-0.1, -0.05) is 0 Å². The first-order chi connectivity index (χ1) is 19.8. The zero-order valence-corrected chi connectivity index (χ0v) is 24.7. The molecule has 0 atom stereocenters. The second-order valence-corrected chi connectivity index (χ2v) is 10.3. The first-order valence-corrected chi connectivity index (χ1v) is 14.3. The number of rotatable bonds is 21. The number of anilines is 1. The first kappa shape index (κ1) is 34.0. The summed E-state index contributed by atoms with van der Waals surface area (Å²) >= 11 is 0. The molecule has 4 N–H and O–H groups in total. The molecule has 0 saturated heterocycles. The lowest BCUT2D eigenvalue weighted by Crippen LogP contribution is -2.33. The lowest BCUT2D eigenvalue weighted by molar-refractivity contribution is 0.0139. The van der Waals surface area contributed by atoms with Gasteiger partial charge in [-0.05, 0) is 95.1 Å². The number of ketones is 1. The molecule has 2 aromatic carbocycles. The van der Waals surface area contributed by atoms with Gasteiger partial charge in [0.25, 0.3) is 0 Å². The Labute approximate surface area is 244 Å². The van der Waals surface area contributed by atoms with E-state index in [-0.39, 0.29) is 5.78 Å². The number of carbonyl (C=O) groups excluding carboxylic acids is 2. The van der Waals surface area contributed by atoms with Crippen LogP contribution in [0.4, 0.5) is 10.5 Å². The summed E-state index contributed by atoms with van der Waals surface area (Å²) in [5.41, 5.74) is 7.19. The molecule has 0 spiro atoms. The quantitative estimate of drug-likeness (QED) is 0.147. The van der Waals surface area contributed by atoms with Gasteiger partial charge in [0.15, 0.2) is 5.78 Å². The molecule has 0 heterocycles. The minimum Gasteiger partial charge on any atom is -0.494 e. The van der Waals surface area contributed by atoms with Crippen molar-refractivity contribution in [2.24, 2.45) is 5.73 Å². The molecule has 0 bridgehead atoms. The molecule has 228 valence electrons. The maximum absolute atomic E-state index is 12.8. The smallest absolute Gasteiger partial charge is 0.407 e. The standard InChI is InChI=1S/C31H47N3O7/c1-31(2,3)41-30(36)34-17-6-19-38-22-24-39-23-21-37-18-5-16-33-27-11-7-25(8-12-27)29(35)26-9-13-28(14-10-26)40-20-4-15-32/h7-14,33H,4-6,15-24,32H2,1-3H3,(H,34,36). The minimum atomic E-state index is -0.494. The predicted molar refractivity (Wildman–Crippen MR) is 160 cm³/mol. The van der Waals surface area contributed by atoms with Crippen molar-refractivity contribution in [3.05, 3.63) is 59.7 Å². The number of nitrogens with one attached hydrogen (secondary N) is 2. The first-order valence-electron chi connectivity index (χ1n) is 14.3. The van der Waals surface area contributed by atoms with Gasteiger partial charge in [0.2, 0.25) is 0 Å². The highest BCUT2D eigenvalue weighted by molar-refractivity contribution is 6.09. The van der Waals surface area contributed by atoms with Gasteiger partial charge in [-0.15, -0.1) is 0 Å². The molecule has 0 fully saturated rings. The average Bonchev–Trinajstić information content (AvgIpc) is 2.94. The highest BCUT2D eigenvalue weighted by atomic mass is 16.6. The second kappa shape index (κ2) is 19.8. The predicted octanol–water partition coefficient (Wildman–Crippen LogP) is 4.41. The number of carbonyl (C=O) groups is 2. The third-order valence-corrected chi connectivity index (χ3v) is 5.55. The normalized spacial score (nSPS) is 11.2. The van der Waals surface area contributed by atoms with Crippen molar-refractivity contribution in [3.63, 3.8) is 0 Å². The van der Waals surface area contributed by atoms with Gasteiger partial charge in [-0.2, -0.15) is 0 Å². The van der Waals surface area contributed by atoms with E-state index in [4.69, 9.17) is 29.4 Å². The molecule has 0 aromatic heterocycles. The number of ether oxygens (including phenoxy) is 5. The van der Waals surface area contributed by atoms with Crippen LogP contribution >= 0.6 is 0 Å². The van der Waals surface area contributed by atoms with E-state index in [1.807, 2.05) is 45.0 Å². The van der Waals surface area contributed by atoms with Crippen LogP contribution in [0.2, 0.25) is 0 Å². The molecule has 41 heavy (non-hydrogen) atoms. The van der Waals surface area contributed by atoms with E-state index in [0.29, 0.717) is 76.9 Å². The molecule has 10 heteroatoms. The van der Waals surface area contributed by atoms with E-state index in [1.165, 1.54) is 0 Å². The SMILES string of the molecule is CC(C)(C)OC(=O)NCCCOCCOCCOCCCNc1ccc(C(=O)c2ccc(OCCCN)cc2)cc1. The third kappa shape index (κ3) is 16.0. The molecule has 10 nitrogen and oxygen atoms in total. The summed E-state index contributed by atoms with van der Waals surface area (Å²) in [6, 6.07) is 14.6. The van der Waals surface area contributed by atoms with Gasteiger partial charge in [-0.3, -0.25) is 4.79 Å². The van der Waals surface area contributed by atoms with Crippen molar-refractivity contribution in [1.29, 1.82) is 0 Å². The number of hydrogen-bond acceptors (Lipinski definition) is 9. The van der Waals surface area contributed by atoms with E-state index in [9.17, 15) is 9.59 Å². The van der Waals surface area contributed by atoms with E-state index in [1.54, 1.807) is 24.3 Å². The van der Waals surface area contributed by atoms with Gasteiger partial charge < -0.3 is 40.1 Å². The summed E-state index contributed by atoms with van der Waals surface area (Å²) in [6.07, 6.45) is 1.94. The molecule has 0 saturated carbocycles. The van der Waals surface area contributed by atoms with Gasteiger partial charge in [0.1, 0.15) is 11.4 Å². The van der Waals surface area contributed by atoms with Crippen molar-refractivity contribution in [2.45, 2.75) is 45.6 Å². The van der Waals surface area contributed by atoms with Crippen LogP contribution in [0.5, 0.6) is 5.75 Å². The average molecular weight is 574 g/mol. The molecule has 1 amide bonds. The van der Waals surface area contributed by atoms with Crippen molar-refractivity contribution in [3.8, 4) is 5.75 Å². The molecule has 2 rings (SSSR count). The van der Waals surface area contributed by atoms with Gasteiger partial charge in [0, 0.05) is 43.1 Å². The molecule has 0 radical (unpaired) electrons. The van der Waals surface area contributed by atoms with Crippen LogP contribution in [-0.2, 0) is 18.9 Å². The van der Waals surface area contributed by atoms with Crippen molar-refractivity contribution >= 4 is 17.6 Å². The van der Waals surface area contributed by atoms with Crippen LogP contribution in [0, 0.1) is 0 Å². The summed E-state index contributed by atoms with van der Waals surface area (Å²) in [7, 11) is 0. The zero-order chi connectivity index (χ0) is 29.8. The number of benzene rings is 2. The maximum atomic E-state index is 12.8. The number of amides is 1. The van der Waals surface area contributed by atoms with Crippen LogP contribution < -0.4 is 21.1 Å². The van der Waals surface area contributed by atoms with Crippen LogP contribution in [-0.4, -0.2) is 83.4 Å². The van der Waals surface area contributed by atoms with Crippen LogP contribution in [0.25, 0.3) is 0 Å². The maximum Gasteiger partial charge on any atom is 0.407 e. The fraction of sp³-hybridized carbons (Fsp3) is 0.548. The van der Waals surface area contributed by atoms with Gasteiger partial charge >= 0.3 is 6.09 Å². The van der Waals surface area contributed by atoms with Gasteiger partial charge in [-0.25, -0.2) is 4.79 Å². The third-order valence-electron chi connectivity index (χ3n) is 5.55.